The highest BCUT2D eigenvalue weighted by Crippen LogP contribution is 2.12. The number of rotatable bonds is 2. The molecule has 52 valence electrons. The van der Waals surface area contributed by atoms with Crippen LogP contribution in [0.15, 0.2) is 0 Å². The molecule has 0 bridgehead atoms. The van der Waals surface area contributed by atoms with Crippen molar-refractivity contribution in [3.63, 3.8) is 0 Å². The zero-order valence-electron chi connectivity index (χ0n) is 5.54. The Hall–Kier alpha value is -0.410. The van der Waals surface area contributed by atoms with E-state index in [0.717, 1.165) is 25.8 Å². The highest BCUT2D eigenvalue weighted by molar-refractivity contribution is 5.54. The van der Waals surface area contributed by atoms with Gasteiger partial charge in [0, 0.05) is 19.0 Å². The standard InChI is InChI=1S/C6H11NO2/c1-9-7-3-2-6(4-7)5-8/h5-6H,2-4H2,1H3. The minimum absolute atomic E-state index is 0.199. The molecule has 0 radical (unpaired) electrons. The quantitative estimate of drug-likeness (QED) is 0.494. The topological polar surface area (TPSA) is 29.5 Å². The summed E-state index contributed by atoms with van der Waals surface area (Å²) in [5.74, 6) is 0.199. The molecule has 0 spiro atoms. The minimum atomic E-state index is 0.199. The average molecular weight is 129 g/mol. The first-order valence-corrected chi connectivity index (χ1v) is 3.11. The van der Waals surface area contributed by atoms with Crippen molar-refractivity contribution in [2.24, 2.45) is 5.92 Å². The minimum Gasteiger partial charge on any atom is -0.303 e. The molecule has 0 aromatic carbocycles. The van der Waals surface area contributed by atoms with E-state index in [0.29, 0.717) is 0 Å². The van der Waals surface area contributed by atoms with E-state index in [9.17, 15) is 4.79 Å². The number of carbonyl (C=O) groups excluding carboxylic acids is 1. The summed E-state index contributed by atoms with van der Waals surface area (Å²) in [5.41, 5.74) is 0. The van der Waals surface area contributed by atoms with Crippen molar-refractivity contribution >= 4 is 6.29 Å². The number of hydrogen-bond donors (Lipinski definition) is 0. The highest BCUT2D eigenvalue weighted by atomic mass is 16.7. The molecule has 1 aliphatic heterocycles. The van der Waals surface area contributed by atoms with Gasteiger partial charge in [-0.2, -0.15) is 5.06 Å². The summed E-state index contributed by atoms with van der Waals surface area (Å²) in [6.45, 7) is 1.65. The third-order valence-electron chi connectivity index (χ3n) is 1.64. The third kappa shape index (κ3) is 1.50. The molecule has 1 saturated heterocycles. The van der Waals surface area contributed by atoms with Crippen LogP contribution in [-0.4, -0.2) is 31.5 Å². The second-order valence-electron chi connectivity index (χ2n) is 2.26. The SMILES string of the molecule is CON1CCC(C=O)C1. The summed E-state index contributed by atoms with van der Waals surface area (Å²) in [7, 11) is 1.63. The summed E-state index contributed by atoms with van der Waals surface area (Å²) in [6.07, 6.45) is 1.94. The van der Waals surface area contributed by atoms with Gasteiger partial charge in [0.25, 0.3) is 0 Å². The molecule has 0 aromatic rings. The van der Waals surface area contributed by atoms with Crippen molar-refractivity contribution in [1.29, 1.82) is 0 Å². The molecule has 3 heteroatoms. The third-order valence-corrected chi connectivity index (χ3v) is 1.64. The molecule has 0 aromatic heterocycles. The predicted octanol–water partition coefficient (Wildman–Crippen LogP) is 0.0686. The lowest BCUT2D eigenvalue weighted by Crippen LogP contribution is -2.18. The van der Waals surface area contributed by atoms with Crippen LogP contribution in [0.25, 0.3) is 0 Å². The molecule has 0 aliphatic carbocycles. The Labute approximate surface area is 54.5 Å². The van der Waals surface area contributed by atoms with Crippen LogP contribution in [0.4, 0.5) is 0 Å². The van der Waals surface area contributed by atoms with E-state index in [1.807, 2.05) is 0 Å². The molecule has 3 nitrogen and oxygen atoms in total. The van der Waals surface area contributed by atoms with Crippen molar-refractivity contribution in [2.45, 2.75) is 6.42 Å². The first kappa shape index (κ1) is 6.71. The Morgan fingerprint density at radius 1 is 1.78 bits per heavy atom. The Morgan fingerprint density at radius 3 is 2.89 bits per heavy atom. The van der Waals surface area contributed by atoms with Crippen LogP contribution in [-0.2, 0) is 9.63 Å². The molecule has 0 amide bonds. The summed E-state index contributed by atoms with van der Waals surface area (Å²) in [5, 5.41) is 1.80. The first-order chi connectivity index (χ1) is 4.36. The van der Waals surface area contributed by atoms with Crippen LogP contribution < -0.4 is 0 Å². The monoisotopic (exact) mass is 129 g/mol. The molecule has 1 atom stereocenters. The predicted molar refractivity (Wildman–Crippen MR) is 32.8 cm³/mol. The molecular weight excluding hydrogens is 118 g/mol. The fraction of sp³-hybridized carbons (Fsp3) is 0.833. The fourth-order valence-corrected chi connectivity index (χ4v) is 1.03. The lowest BCUT2D eigenvalue weighted by atomic mass is 10.1. The normalized spacial score (nSPS) is 28.8. The van der Waals surface area contributed by atoms with E-state index in [1.54, 1.807) is 12.2 Å². The lowest BCUT2D eigenvalue weighted by molar-refractivity contribution is -0.122. The molecule has 0 N–H and O–H groups in total. The maximum absolute atomic E-state index is 10.2. The Kier molecular flexibility index (Phi) is 2.19. The molecule has 1 aliphatic rings. The van der Waals surface area contributed by atoms with Gasteiger partial charge in [0.1, 0.15) is 6.29 Å². The van der Waals surface area contributed by atoms with Crippen molar-refractivity contribution in [2.75, 3.05) is 20.2 Å². The van der Waals surface area contributed by atoms with Crippen molar-refractivity contribution < 1.29 is 9.63 Å². The number of aldehydes is 1. The summed E-state index contributed by atoms with van der Waals surface area (Å²) in [4.78, 5) is 15.1. The smallest absolute Gasteiger partial charge is 0.124 e. The van der Waals surface area contributed by atoms with Crippen LogP contribution >= 0.6 is 0 Å². The van der Waals surface area contributed by atoms with Gasteiger partial charge in [0.2, 0.25) is 0 Å². The molecule has 1 rings (SSSR count). The summed E-state index contributed by atoms with van der Waals surface area (Å²) >= 11 is 0. The van der Waals surface area contributed by atoms with Gasteiger partial charge in [-0.3, -0.25) is 0 Å². The van der Waals surface area contributed by atoms with Gasteiger partial charge in [-0.05, 0) is 6.42 Å². The van der Waals surface area contributed by atoms with Gasteiger partial charge in [-0.1, -0.05) is 0 Å². The van der Waals surface area contributed by atoms with E-state index < -0.39 is 0 Å². The van der Waals surface area contributed by atoms with Gasteiger partial charge < -0.3 is 9.63 Å². The van der Waals surface area contributed by atoms with Crippen molar-refractivity contribution in [3.8, 4) is 0 Å². The van der Waals surface area contributed by atoms with Crippen molar-refractivity contribution in [3.05, 3.63) is 0 Å². The van der Waals surface area contributed by atoms with Crippen LogP contribution in [0.3, 0.4) is 0 Å². The lowest BCUT2D eigenvalue weighted by Gasteiger charge is -2.09. The molecule has 1 fully saturated rings. The zero-order valence-corrected chi connectivity index (χ0v) is 5.54. The zero-order chi connectivity index (χ0) is 6.69. The van der Waals surface area contributed by atoms with E-state index in [-0.39, 0.29) is 5.92 Å². The van der Waals surface area contributed by atoms with E-state index in [2.05, 4.69) is 0 Å². The molecular formula is C6H11NO2. The average Bonchev–Trinajstić information content (AvgIpc) is 2.34. The van der Waals surface area contributed by atoms with Gasteiger partial charge >= 0.3 is 0 Å². The van der Waals surface area contributed by atoms with E-state index >= 15 is 0 Å². The fourth-order valence-electron chi connectivity index (χ4n) is 1.03. The summed E-state index contributed by atoms with van der Waals surface area (Å²) in [6, 6.07) is 0. The summed E-state index contributed by atoms with van der Waals surface area (Å²) < 4.78 is 0. The maximum Gasteiger partial charge on any atom is 0.124 e. The number of carbonyl (C=O) groups is 1. The number of nitrogens with zero attached hydrogens (tertiary/aromatic N) is 1. The van der Waals surface area contributed by atoms with Crippen LogP contribution in [0.2, 0.25) is 0 Å². The van der Waals surface area contributed by atoms with Gasteiger partial charge in [0.15, 0.2) is 0 Å². The molecule has 0 saturated carbocycles. The maximum atomic E-state index is 10.2. The molecule has 1 unspecified atom stereocenters. The van der Waals surface area contributed by atoms with Crippen LogP contribution in [0, 0.1) is 5.92 Å². The van der Waals surface area contributed by atoms with E-state index in [4.69, 9.17) is 4.84 Å². The Morgan fingerprint density at radius 2 is 2.56 bits per heavy atom. The van der Waals surface area contributed by atoms with Gasteiger partial charge in [-0.25, -0.2) is 0 Å². The largest absolute Gasteiger partial charge is 0.303 e. The molecule has 9 heavy (non-hydrogen) atoms. The number of hydroxylamine groups is 2. The second-order valence-corrected chi connectivity index (χ2v) is 2.26. The van der Waals surface area contributed by atoms with E-state index in [1.165, 1.54) is 0 Å². The van der Waals surface area contributed by atoms with Gasteiger partial charge in [0.05, 0.1) is 7.11 Å². The van der Waals surface area contributed by atoms with Crippen LogP contribution in [0.1, 0.15) is 6.42 Å². The Balaban J connectivity index is 2.28. The van der Waals surface area contributed by atoms with Crippen LogP contribution in [0.5, 0.6) is 0 Å². The van der Waals surface area contributed by atoms with Crippen molar-refractivity contribution in [1.82, 2.24) is 5.06 Å². The van der Waals surface area contributed by atoms with Gasteiger partial charge in [-0.15, -0.1) is 0 Å². The Bertz CT molecular complexity index is 105. The first-order valence-electron chi connectivity index (χ1n) is 3.11. The highest BCUT2D eigenvalue weighted by Gasteiger charge is 2.20. The molecule has 1 heterocycles. The second kappa shape index (κ2) is 2.94. The number of hydrogen-bond acceptors (Lipinski definition) is 3.